The number of hydrogen-bond acceptors (Lipinski definition) is 6. The summed E-state index contributed by atoms with van der Waals surface area (Å²) in [5.74, 6) is 0.193. The summed E-state index contributed by atoms with van der Waals surface area (Å²) in [6.45, 7) is 2.62. The van der Waals surface area contributed by atoms with E-state index in [1.54, 1.807) is 18.2 Å². The summed E-state index contributed by atoms with van der Waals surface area (Å²) in [6, 6.07) is 6.81. The Morgan fingerprint density at radius 1 is 1.32 bits per heavy atom. The van der Waals surface area contributed by atoms with Gasteiger partial charge in [0.05, 0.1) is 22.3 Å². The molecular formula is C19H24N4O4S. The molecule has 0 N–H and O–H groups in total. The van der Waals surface area contributed by atoms with Gasteiger partial charge in [-0.05, 0) is 38.0 Å². The Hall–Kier alpha value is -2.44. The Morgan fingerprint density at radius 2 is 2.04 bits per heavy atom. The number of piperidine rings is 1. The monoisotopic (exact) mass is 404 g/mol. The maximum atomic E-state index is 12.9. The molecule has 8 nitrogen and oxygen atoms in total. The Kier molecular flexibility index (Phi) is 6.01. The fourth-order valence-electron chi connectivity index (χ4n) is 3.36. The summed E-state index contributed by atoms with van der Waals surface area (Å²) >= 11 is 0. The molecule has 0 radical (unpaired) electrons. The van der Waals surface area contributed by atoms with Crippen molar-refractivity contribution < 1.29 is 17.9 Å². The van der Waals surface area contributed by atoms with Crippen molar-refractivity contribution in [1.82, 2.24) is 13.9 Å². The summed E-state index contributed by atoms with van der Waals surface area (Å²) in [5, 5.41) is 8.70. The number of aryl methyl sites for hydroxylation is 2. The molecule has 0 amide bonds. The van der Waals surface area contributed by atoms with E-state index in [1.165, 1.54) is 11.2 Å². The third kappa shape index (κ3) is 4.18. The van der Waals surface area contributed by atoms with Crippen LogP contribution in [0.1, 0.15) is 38.4 Å². The lowest BCUT2D eigenvalue weighted by molar-refractivity contribution is -0.145. The van der Waals surface area contributed by atoms with Gasteiger partial charge in [0.15, 0.2) is 6.10 Å². The number of carbonyl (C=O) groups excluding carboxylic acids is 1. The van der Waals surface area contributed by atoms with Gasteiger partial charge < -0.3 is 9.30 Å². The highest BCUT2D eigenvalue weighted by molar-refractivity contribution is 7.89. The number of rotatable bonds is 6. The number of nitriles is 1. The number of fused-ring (bicyclic) bond motifs is 1. The van der Waals surface area contributed by atoms with E-state index in [2.05, 4.69) is 4.98 Å². The summed E-state index contributed by atoms with van der Waals surface area (Å²) < 4.78 is 34.1. The van der Waals surface area contributed by atoms with Gasteiger partial charge in [-0.3, -0.25) is 4.79 Å². The third-order valence-electron chi connectivity index (χ3n) is 4.94. The van der Waals surface area contributed by atoms with Crippen molar-refractivity contribution in [3.05, 3.63) is 24.0 Å². The van der Waals surface area contributed by atoms with Crippen molar-refractivity contribution >= 4 is 27.0 Å². The average molecular weight is 404 g/mol. The highest BCUT2D eigenvalue weighted by Crippen LogP contribution is 2.24. The SMILES string of the molecule is C[C@H](C#N)OC(=O)CCc1nc2cc(S(=O)(=O)N3CCCCC3)ccc2n1C. The quantitative estimate of drug-likeness (QED) is 0.683. The van der Waals surface area contributed by atoms with Crippen LogP contribution >= 0.6 is 0 Å². The van der Waals surface area contributed by atoms with Crippen LogP contribution < -0.4 is 0 Å². The molecule has 0 bridgehead atoms. The zero-order valence-electron chi connectivity index (χ0n) is 16.1. The summed E-state index contributed by atoms with van der Waals surface area (Å²) in [5.41, 5.74) is 1.38. The summed E-state index contributed by atoms with van der Waals surface area (Å²) in [7, 11) is -1.69. The normalized spacial score (nSPS) is 16.6. The van der Waals surface area contributed by atoms with Gasteiger partial charge in [-0.15, -0.1) is 0 Å². The lowest BCUT2D eigenvalue weighted by Crippen LogP contribution is -2.35. The molecule has 9 heteroatoms. The van der Waals surface area contributed by atoms with Crippen molar-refractivity contribution in [2.45, 2.75) is 50.0 Å². The van der Waals surface area contributed by atoms with Gasteiger partial charge in [0.1, 0.15) is 11.9 Å². The van der Waals surface area contributed by atoms with E-state index in [4.69, 9.17) is 10.00 Å². The first-order chi connectivity index (χ1) is 13.3. The predicted molar refractivity (Wildman–Crippen MR) is 103 cm³/mol. The highest BCUT2D eigenvalue weighted by Gasteiger charge is 2.26. The van der Waals surface area contributed by atoms with Crippen molar-refractivity contribution in [2.24, 2.45) is 7.05 Å². The van der Waals surface area contributed by atoms with E-state index in [0.717, 1.165) is 24.8 Å². The Morgan fingerprint density at radius 3 is 2.71 bits per heavy atom. The highest BCUT2D eigenvalue weighted by atomic mass is 32.2. The second-order valence-electron chi connectivity index (χ2n) is 6.96. The topological polar surface area (TPSA) is 105 Å². The van der Waals surface area contributed by atoms with Crippen LogP contribution in [0.2, 0.25) is 0 Å². The molecule has 1 aromatic carbocycles. The zero-order chi connectivity index (χ0) is 20.3. The molecule has 3 rings (SSSR count). The first-order valence-corrected chi connectivity index (χ1v) is 10.8. The fourth-order valence-corrected chi connectivity index (χ4v) is 4.90. The number of aromatic nitrogens is 2. The second-order valence-corrected chi connectivity index (χ2v) is 8.90. The molecule has 1 aliphatic rings. The van der Waals surface area contributed by atoms with Crippen LogP contribution in [0, 0.1) is 11.3 Å². The van der Waals surface area contributed by atoms with Crippen LogP contribution in [-0.4, -0.2) is 47.4 Å². The minimum atomic E-state index is -3.52. The number of benzene rings is 1. The van der Waals surface area contributed by atoms with Gasteiger partial charge in [-0.2, -0.15) is 9.57 Å². The van der Waals surface area contributed by atoms with Gasteiger partial charge in [0, 0.05) is 26.6 Å². The Balaban J connectivity index is 1.80. The number of sulfonamides is 1. The van der Waals surface area contributed by atoms with Crippen LogP contribution in [0.4, 0.5) is 0 Å². The number of carbonyl (C=O) groups is 1. The van der Waals surface area contributed by atoms with E-state index < -0.39 is 22.1 Å². The minimum Gasteiger partial charge on any atom is -0.447 e. The largest absolute Gasteiger partial charge is 0.447 e. The number of nitrogens with zero attached hydrogens (tertiary/aromatic N) is 4. The Labute approximate surface area is 164 Å². The number of imidazole rings is 1. The number of ether oxygens (including phenoxy) is 1. The van der Waals surface area contributed by atoms with E-state index in [9.17, 15) is 13.2 Å². The maximum Gasteiger partial charge on any atom is 0.307 e. The molecule has 1 saturated heterocycles. The number of hydrogen-bond donors (Lipinski definition) is 0. The molecule has 2 heterocycles. The smallest absolute Gasteiger partial charge is 0.307 e. The summed E-state index contributed by atoms with van der Waals surface area (Å²) in [6.07, 6.45) is 2.49. The average Bonchev–Trinajstić information content (AvgIpc) is 3.02. The van der Waals surface area contributed by atoms with E-state index in [-0.39, 0.29) is 11.3 Å². The van der Waals surface area contributed by atoms with E-state index in [0.29, 0.717) is 30.9 Å². The van der Waals surface area contributed by atoms with Crippen molar-refractivity contribution in [2.75, 3.05) is 13.1 Å². The molecule has 2 aromatic rings. The van der Waals surface area contributed by atoms with Gasteiger partial charge in [-0.25, -0.2) is 13.4 Å². The lowest BCUT2D eigenvalue weighted by Gasteiger charge is -2.25. The first kappa shape index (κ1) is 20.3. The third-order valence-corrected chi connectivity index (χ3v) is 6.84. The molecule has 0 aliphatic carbocycles. The fraction of sp³-hybridized carbons (Fsp3) is 0.526. The number of esters is 1. The van der Waals surface area contributed by atoms with E-state index in [1.807, 2.05) is 17.7 Å². The Bertz CT molecular complexity index is 1020. The van der Waals surface area contributed by atoms with Crippen LogP contribution in [0.3, 0.4) is 0 Å². The molecule has 0 unspecified atom stereocenters. The van der Waals surface area contributed by atoms with Crippen LogP contribution in [-0.2, 0) is 33.0 Å². The van der Waals surface area contributed by atoms with Gasteiger partial charge in [0.25, 0.3) is 0 Å². The predicted octanol–water partition coefficient (Wildman–Crippen LogP) is 2.14. The molecule has 1 fully saturated rings. The first-order valence-electron chi connectivity index (χ1n) is 9.37. The summed E-state index contributed by atoms with van der Waals surface area (Å²) in [4.78, 5) is 16.5. The molecule has 0 spiro atoms. The van der Waals surface area contributed by atoms with Crippen LogP contribution in [0.25, 0.3) is 11.0 Å². The van der Waals surface area contributed by atoms with Crippen molar-refractivity contribution in [3.63, 3.8) is 0 Å². The molecule has 0 saturated carbocycles. The maximum absolute atomic E-state index is 12.9. The molecule has 150 valence electrons. The van der Waals surface area contributed by atoms with Gasteiger partial charge in [-0.1, -0.05) is 6.42 Å². The van der Waals surface area contributed by atoms with Crippen LogP contribution in [0.15, 0.2) is 23.1 Å². The lowest BCUT2D eigenvalue weighted by atomic mass is 10.2. The van der Waals surface area contributed by atoms with E-state index >= 15 is 0 Å². The van der Waals surface area contributed by atoms with Gasteiger partial charge in [0.2, 0.25) is 10.0 Å². The van der Waals surface area contributed by atoms with Crippen molar-refractivity contribution in [3.8, 4) is 6.07 Å². The molecule has 1 aromatic heterocycles. The standard InChI is InChI=1S/C19H24N4O4S/c1-14(13-20)27-19(24)9-8-18-21-16-12-15(6-7-17(16)22(18)2)28(25,26)23-10-4-3-5-11-23/h6-7,12,14H,3-5,8-11H2,1-2H3/t14-/m1/s1. The van der Waals surface area contributed by atoms with Gasteiger partial charge >= 0.3 is 5.97 Å². The van der Waals surface area contributed by atoms with Crippen LogP contribution in [0.5, 0.6) is 0 Å². The molecular weight excluding hydrogens is 380 g/mol. The van der Waals surface area contributed by atoms with Crippen molar-refractivity contribution in [1.29, 1.82) is 5.26 Å². The molecule has 1 aliphatic heterocycles. The minimum absolute atomic E-state index is 0.0993. The molecule has 1 atom stereocenters. The molecule has 28 heavy (non-hydrogen) atoms. The zero-order valence-corrected chi connectivity index (χ0v) is 16.9. The second kappa shape index (κ2) is 8.29.